The molecular weight excluding hydrogens is 359 g/mol. The Hall–Kier alpha value is -1.41. The Morgan fingerprint density at radius 1 is 1.27 bits per heavy atom. The van der Waals surface area contributed by atoms with Crippen LogP contribution in [0.2, 0.25) is 0 Å². The molecule has 1 fully saturated rings. The molecule has 26 heavy (non-hydrogen) atoms. The van der Waals surface area contributed by atoms with Gasteiger partial charge in [-0.05, 0) is 24.7 Å². The van der Waals surface area contributed by atoms with Crippen LogP contribution in [0.3, 0.4) is 0 Å². The average Bonchev–Trinajstić information content (AvgIpc) is 3.28. The lowest BCUT2D eigenvalue weighted by Gasteiger charge is -2.41. The normalized spacial score (nSPS) is 15.5. The summed E-state index contributed by atoms with van der Waals surface area (Å²) in [6.45, 7) is 7.04. The second-order valence-electron chi connectivity index (χ2n) is 7.17. The van der Waals surface area contributed by atoms with Crippen molar-refractivity contribution < 1.29 is 23.8 Å². The van der Waals surface area contributed by atoms with Crippen LogP contribution in [0.25, 0.3) is 0 Å². The molecule has 10 heteroatoms. The summed E-state index contributed by atoms with van der Waals surface area (Å²) in [6, 6.07) is 2.07. The topological polar surface area (TPSA) is 140 Å². The first kappa shape index (κ1) is 20.9. The first-order valence-corrected chi connectivity index (χ1v) is 10.4. The third-order valence-corrected chi connectivity index (χ3v) is 6.50. The van der Waals surface area contributed by atoms with Crippen molar-refractivity contribution >= 4 is 19.4 Å². The lowest BCUT2D eigenvalue weighted by molar-refractivity contribution is -0.0701. The van der Waals surface area contributed by atoms with Gasteiger partial charge in [0.1, 0.15) is 12.4 Å². The Balaban J connectivity index is 1.98. The minimum Gasteiger partial charge on any atom is -0.475 e. The first-order chi connectivity index (χ1) is 12.1. The van der Waals surface area contributed by atoms with Gasteiger partial charge in [-0.15, -0.1) is 0 Å². The Bertz CT molecular complexity index is 652. The van der Waals surface area contributed by atoms with E-state index in [0.717, 1.165) is 12.8 Å². The molecule has 1 aliphatic carbocycles. The highest BCUT2D eigenvalue weighted by Crippen LogP contribution is 2.59. The molecule has 0 unspecified atom stereocenters. The Morgan fingerprint density at radius 3 is 2.38 bits per heavy atom. The van der Waals surface area contributed by atoms with E-state index < -0.39 is 12.9 Å². The molecule has 148 valence electrons. The summed E-state index contributed by atoms with van der Waals surface area (Å²) in [7, 11) is -4.49. The van der Waals surface area contributed by atoms with Crippen molar-refractivity contribution in [2.45, 2.75) is 51.9 Å². The molecule has 0 radical (unpaired) electrons. The molecule has 5 N–H and O–H groups in total. The molecular formula is C16H29N4O5P. The Morgan fingerprint density at radius 2 is 1.88 bits per heavy atom. The van der Waals surface area contributed by atoms with E-state index in [2.05, 4.69) is 15.3 Å². The number of rotatable bonds is 10. The molecule has 9 nitrogen and oxygen atoms in total. The zero-order chi connectivity index (χ0) is 19.5. The zero-order valence-electron chi connectivity index (χ0n) is 15.7. The molecule has 0 atom stereocenters. The largest absolute Gasteiger partial charge is 0.475 e. The molecule has 0 bridgehead atoms. The van der Waals surface area contributed by atoms with Gasteiger partial charge in [-0.2, -0.15) is 9.97 Å². The fourth-order valence-corrected chi connectivity index (χ4v) is 4.74. The predicted octanol–water partition coefficient (Wildman–Crippen LogP) is 2.21. The zero-order valence-corrected chi connectivity index (χ0v) is 16.6. The molecule has 0 saturated heterocycles. The van der Waals surface area contributed by atoms with Crippen LogP contribution in [0.15, 0.2) is 6.07 Å². The summed E-state index contributed by atoms with van der Waals surface area (Å²) in [5.41, 5.74) is 5.69. The number of hydrogen-bond acceptors (Lipinski definition) is 7. The van der Waals surface area contributed by atoms with Crippen molar-refractivity contribution in [3.8, 4) is 5.88 Å². The van der Waals surface area contributed by atoms with Crippen LogP contribution in [0.5, 0.6) is 5.88 Å². The lowest BCUT2D eigenvalue weighted by atomic mass is 9.95. The Kier molecular flexibility index (Phi) is 6.50. The van der Waals surface area contributed by atoms with Crippen molar-refractivity contribution in [2.24, 2.45) is 11.8 Å². The van der Waals surface area contributed by atoms with E-state index in [-0.39, 0.29) is 31.0 Å². The van der Waals surface area contributed by atoms with E-state index in [0.29, 0.717) is 17.7 Å². The number of ether oxygens (including phenoxy) is 2. The van der Waals surface area contributed by atoms with E-state index in [1.807, 2.05) is 0 Å². The number of nitrogen functional groups attached to an aromatic ring is 1. The van der Waals surface area contributed by atoms with Crippen LogP contribution >= 0.6 is 7.60 Å². The number of nitrogens with zero attached hydrogens (tertiary/aromatic N) is 2. The average molecular weight is 388 g/mol. The molecule has 0 aromatic carbocycles. The summed E-state index contributed by atoms with van der Waals surface area (Å²) < 4.78 is 23.3. The number of anilines is 2. The molecule has 1 saturated carbocycles. The van der Waals surface area contributed by atoms with Gasteiger partial charge >= 0.3 is 7.60 Å². The van der Waals surface area contributed by atoms with Crippen LogP contribution in [0.4, 0.5) is 11.8 Å². The van der Waals surface area contributed by atoms with E-state index in [1.54, 1.807) is 33.8 Å². The number of hydrogen-bond donors (Lipinski definition) is 4. The van der Waals surface area contributed by atoms with Gasteiger partial charge in [-0.25, -0.2) is 0 Å². The van der Waals surface area contributed by atoms with Crippen molar-refractivity contribution in [3.05, 3.63) is 6.07 Å². The first-order valence-electron chi connectivity index (χ1n) is 8.79. The van der Waals surface area contributed by atoms with Crippen LogP contribution in [0.1, 0.15) is 40.5 Å². The summed E-state index contributed by atoms with van der Waals surface area (Å²) in [5.74, 6) is 0.255. The van der Waals surface area contributed by atoms with E-state index in [9.17, 15) is 14.4 Å². The van der Waals surface area contributed by atoms with Gasteiger partial charge in [-0.3, -0.25) is 4.57 Å². The lowest BCUT2D eigenvalue weighted by Crippen LogP contribution is -2.44. The molecule has 1 aromatic rings. The van der Waals surface area contributed by atoms with Crippen molar-refractivity contribution in [2.75, 3.05) is 24.3 Å². The minimum absolute atomic E-state index is 0.0107. The standard InChI is InChI=1S/C16H29N4O5P/c1-10(2)16(11(3)4,26(21,22)23)25-8-7-24-14-9-13(18-12-5-6-12)19-15(17)20-14/h9-12H,5-8H2,1-4H3,(H2,21,22,23)(H3,17,18,19,20). The van der Waals surface area contributed by atoms with Gasteiger partial charge in [0.25, 0.3) is 0 Å². The van der Waals surface area contributed by atoms with Crippen molar-refractivity contribution in [3.63, 3.8) is 0 Å². The molecule has 1 aliphatic rings. The van der Waals surface area contributed by atoms with Crippen LogP contribution in [-0.4, -0.2) is 44.4 Å². The van der Waals surface area contributed by atoms with Crippen molar-refractivity contribution in [1.29, 1.82) is 0 Å². The SMILES string of the molecule is CC(C)C(OCCOc1cc(NC2CC2)nc(N)n1)(C(C)C)P(=O)(O)O. The highest BCUT2D eigenvalue weighted by atomic mass is 31.2. The third-order valence-electron chi connectivity index (χ3n) is 4.43. The van der Waals surface area contributed by atoms with E-state index in [4.69, 9.17) is 15.2 Å². The van der Waals surface area contributed by atoms with Gasteiger partial charge in [-0.1, -0.05) is 27.7 Å². The van der Waals surface area contributed by atoms with Crippen LogP contribution < -0.4 is 15.8 Å². The van der Waals surface area contributed by atoms with E-state index >= 15 is 0 Å². The van der Waals surface area contributed by atoms with Gasteiger partial charge in [0.05, 0.1) is 6.61 Å². The monoisotopic (exact) mass is 388 g/mol. The molecule has 0 aliphatic heterocycles. The van der Waals surface area contributed by atoms with Gasteiger partial charge < -0.3 is 30.3 Å². The number of aromatic nitrogens is 2. The predicted molar refractivity (Wildman–Crippen MR) is 99.0 cm³/mol. The van der Waals surface area contributed by atoms with Crippen LogP contribution in [-0.2, 0) is 9.30 Å². The number of nitrogens with two attached hydrogens (primary N) is 1. The fraction of sp³-hybridized carbons (Fsp3) is 0.750. The quantitative estimate of drug-likeness (QED) is 0.351. The molecule has 1 heterocycles. The van der Waals surface area contributed by atoms with Crippen LogP contribution in [0, 0.1) is 11.8 Å². The van der Waals surface area contributed by atoms with Gasteiger partial charge in [0.15, 0.2) is 5.34 Å². The summed E-state index contributed by atoms with van der Waals surface area (Å²) in [4.78, 5) is 27.8. The van der Waals surface area contributed by atoms with Crippen molar-refractivity contribution in [1.82, 2.24) is 9.97 Å². The maximum absolute atomic E-state index is 12.1. The Labute approximate surface area is 153 Å². The second-order valence-corrected chi connectivity index (χ2v) is 8.96. The number of nitrogens with one attached hydrogen (secondary N) is 1. The highest BCUT2D eigenvalue weighted by molar-refractivity contribution is 7.53. The molecule has 0 spiro atoms. The van der Waals surface area contributed by atoms with Gasteiger partial charge in [0.2, 0.25) is 11.8 Å². The highest BCUT2D eigenvalue weighted by Gasteiger charge is 2.53. The minimum atomic E-state index is -4.49. The summed E-state index contributed by atoms with van der Waals surface area (Å²) >= 11 is 0. The third kappa shape index (κ3) is 4.85. The maximum atomic E-state index is 12.1. The molecule has 2 rings (SSSR count). The smallest absolute Gasteiger partial charge is 0.357 e. The summed E-state index contributed by atoms with van der Waals surface area (Å²) in [5, 5.41) is 1.66. The summed E-state index contributed by atoms with van der Waals surface area (Å²) in [6.07, 6.45) is 2.20. The van der Waals surface area contributed by atoms with E-state index in [1.165, 1.54) is 0 Å². The molecule has 0 amide bonds. The maximum Gasteiger partial charge on any atom is 0.357 e. The fourth-order valence-electron chi connectivity index (χ4n) is 3.14. The molecule has 1 aromatic heterocycles. The van der Waals surface area contributed by atoms with Gasteiger partial charge in [0, 0.05) is 12.1 Å². The second kappa shape index (κ2) is 8.08.